The molecule has 0 fully saturated rings. The predicted molar refractivity (Wildman–Crippen MR) is 53.2 cm³/mol. The van der Waals surface area contributed by atoms with Crippen molar-refractivity contribution < 1.29 is 4.42 Å². The average Bonchev–Trinajstić information content (AvgIpc) is 2.56. The highest BCUT2D eigenvalue weighted by Crippen LogP contribution is 2.18. The van der Waals surface area contributed by atoms with Crippen LogP contribution in [0.5, 0.6) is 0 Å². The van der Waals surface area contributed by atoms with Crippen LogP contribution in [-0.2, 0) is 0 Å². The van der Waals surface area contributed by atoms with E-state index in [2.05, 4.69) is 15.5 Å². The van der Waals surface area contributed by atoms with Crippen molar-refractivity contribution in [2.75, 3.05) is 11.1 Å². The second kappa shape index (κ2) is 3.37. The van der Waals surface area contributed by atoms with Crippen molar-refractivity contribution in [2.24, 2.45) is 0 Å². The van der Waals surface area contributed by atoms with E-state index in [-0.39, 0.29) is 6.01 Å². The third-order valence-electron chi connectivity index (χ3n) is 1.83. The molecule has 14 heavy (non-hydrogen) atoms. The summed E-state index contributed by atoms with van der Waals surface area (Å²) in [6.45, 7) is 1.99. The number of anilines is 3. The van der Waals surface area contributed by atoms with Crippen LogP contribution in [-0.4, -0.2) is 10.2 Å². The Kier molecular flexibility index (Phi) is 2.06. The summed E-state index contributed by atoms with van der Waals surface area (Å²) in [5.74, 6) is 0. The van der Waals surface area contributed by atoms with Crippen LogP contribution >= 0.6 is 0 Å². The molecule has 2 rings (SSSR count). The van der Waals surface area contributed by atoms with Gasteiger partial charge in [-0.25, -0.2) is 0 Å². The maximum Gasteiger partial charge on any atom is 0.321 e. The highest BCUT2D eigenvalue weighted by atomic mass is 16.4. The van der Waals surface area contributed by atoms with Crippen molar-refractivity contribution in [1.29, 1.82) is 0 Å². The van der Waals surface area contributed by atoms with Gasteiger partial charge in [-0.05, 0) is 18.6 Å². The van der Waals surface area contributed by atoms with Crippen LogP contribution in [0.25, 0.3) is 0 Å². The molecule has 1 aromatic carbocycles. The maximum atomic E-state index is 5.29. The smallest absolute Gasteiger partial charge is 0.321 e. The van der Waals surface area contributed by atoms with E-state index in [9.17, 15) is 0 Å². The lowest BCUT2D eigenvalue weighted by molar-refractivity contribution is 0.593. The van der Waals surface area contributed by atoms with Gasteiger partial charge in [-0.1, -0.05) is 28.4 Å². The highest BCUT2D eigenvalue weighted by molar-refractivity contribution is 5.56. The minimum absolute atomic E-state index is 0.0566. The Labute approximate surface area is 80.9 Å². The largest absolute Gasteiger partial charge is 0.389 e. The molecular weight excluding hydrogens is 180 g/mol. The van der Waals surface area contributed by atoms with E-state index in [4.69, 9.17) is 10.2 Å². The zero-order chi connectivity index (χ0) is 9.97. The van der Waals surface area contributed by atoms with E-state index in [0.717, 1.165) is 11.3 Å². The third-order valence-corrected chi connectivity index (χ3v) is 1.83. The van der Waals surface area contributed by atoms with Gasteiger partial charge in [0.15, 0.2) is 0 Å². The molecule has 2 aromatic rings. The SMILES string of the molecule is Cc1ccccc1Nc1nnc(N)o1. The molecule has 0 radical (unpaired) electrons. The number of aromatic nitrogens is 2. The first-order valence-corrected chi connectivity index (χ1v) is 4.17. The molecule has 0 atom stereocenters. The minimum Gasteiger partial charge on any atom is -0.389 e. The number of nitrogens with two attached hydrogens (primary N) is 1. The van der Waals surface area contributed by atoms with E-state index < -0.39 is 0 Å². The first kappa shape index (κ1) is 8.55. The summed E-state index contributed by atoms with van der Waals surface area (Å²) in [5, 5.41) is 10.2. The van der Waals surface area contributed by atoms with Gasteiger partial charge in [0.2, 0.25) is 0 Å². The molecule has 0 bridgehead atoms. The summed E-state index contributed by atoms with van der Waals surface area (Å²) in [4.78, 5) is 0. The van der Waals surface area contributed by atoms with Crippen molar-refractivity contribution in [3.63, 3.8) is 0 Å². The van der Waals surface area contributed by atoms with Crippen LogP contribution in [0.15, 0.2) is 28.7 Å². The number of para-hydroxylation sites is 1. The van der Waals surface area contributed by atoms with Crippen molar-refractivity contribution in [3.8, 4) is 0 Å². The van der Waals surface area contributed by atoms with E-state index in [1.807, 2.05) is 31.2 Å². The summed E-state index contributed by atoms with van der Waals surface area (Å²) in [5.41, 5.74) is 7.32. The third kappa shape index (κ3) is 1.66. The molecule has 0 aliphatic carbocycles. The van der Waals surface area contributed by atoms with Gasteiger partial charge in [0.05, 0.1) is 0 Å². The number of nitrogen functional groups attached to an aromatic ring is 1. The zero-order valence-corrected chi connectivity index (χ0v) is 7.69. The molecular formula is C9H10N4O. The van der Waals surface area contributed by atoms with Gasteiger partial charge in [-0.15, -0.1) is 0 Å². The Morgan fingerprint density at radius 1 is 1.29 bits per heavy atom. The monoisotopic (exact) mass is 190 g/mol. The van der Waals surface area contributed by atoms with Crippen molar-refractivity contribution in [2.45, 2.75) is 6.92 Å². The molecule has 5 nitrogen and oxygen atoms in total. The topological polar surface area (TPSA) is 77.0 Å². The molecule has 1 aromatic heterocycles. The Bertz CT molecular complexity index is 438. The Balaban J connectivity index is 2.23. The first-order chi connectivity index (χ1) is 6.75. The average molecular weight is 190 g/mol. The number of nitrogens with one attached hydrogen (secondary N) is 1. The van der Waals surface area contributed by atoms with E-state index in [1.165, 1.54) is 0 Å². The molecule has 0 aliphatic heterocycles. The maximum absolute atomic E-state index is 5.29. The van der Waals surface area contributed by atoms with Gasteiger partial charge >= 0.3 is 12.0 Å². The normalized spacial score (nSPS) is 10.1. The Morgan fingerprint density at radius 3 is 2.71 bits per heavy atom. The van der Waals surface area contributed by atoms with Gasteiger partial charge in [0, 0.05) is 5.69 Å². The molecule has 0 amide bonds. The first-order valence-electron chi connectivity index (χ1n) is 4.17. The molecule has 0 aliphatic rings. The molecule has 0 saturated heterocycles. The Morgan fingerprint density at radius 2 is 2.07 bits per heavy atom. The fraction of sp³-hybridized carbons (Fsp3) is 0.111. The fourth-order valence-corrected chi connectivity index (χ4v) is 1.11. The number of nitrogens with zero attached hydrogens (tertiary/aromatic N) is 2. The van der Waals surface area contributed by atoms with Crippen molar-refractivity contribution in [1.82, 2.24) is 10.2 Å². The van der Waals surface area contributed by atoms with Gasteiger partial charge in [-0.3, -0.25) is 0 Å². The molecule has 3 N–H and O–H groups in total. The van der Waals surface area contributed by atoms with Gasteiger partial charge in [-0.2, -0.15) is 0 Å². The minimum atomic E-state index is 0.0566. The summed E-state index contributed by atoms with van der Waals surface area (Å²) in [6.07, 6.45) is 0. The number of hydrogen-bond donors (Lipinski definition) is 2. The highest BCUT2D eigenvalue weighted by Gasteiger charge is 2.03. The molecule has 1 heterocycles. The van der Waals surface area contributed by atoms with Crippen LogP contribution < -0.4 is 11.1 Å². The van der Waals surface area contributed by atoms with E-state index in [0.29, 0.717) is 6.01 Å². The van der Waals surface area contributed by atoms with Gasteiger partial charge in [0.1, 0.15) is 0 Å². The van der Waals surface area contributed by atoms with Crippen molar-refractivity contribution in [3.05, 3.63) is 29.8 Å². The zero-order valence-electron chi connectivity index (χ0n) is 7.69. The quantitative estimate of drug-likeness (QED) is 0.753. The molecule has 0 unspecified atom stereocenters. The summed E-state index contributed by atoms with van der Waals surface area (Å²) < 4.78 is 4.99. The van der Waals surface area contributed by atoms with Gasteiger partial charge in [0.25, 0.3) is 0 Å². The standard InChI is InChI=1S/C9H10N4O/c1-6-4-2-3-5-7(6)11-9-13-12-8(10)14-9/h2-5H,1H3,(H2,10,12)(H,11,13). The lowest BCUT2D eigenvalue weighted by atomic mass is 10.2. The summed E-state index contributed by atoms with van der Waals surface area (Å²) in [6, 6.07) is 8.16. The van der Waals surface area contributed by atoms with Crippen molar-refractivity contribution >= 4 is 17.7 Å². The summed E-state index contributed by atoms with van der Waals surface area (Å²) >= 11 is 0. The van der Waals surface area contributed by atoms with Crippen LogP contribution in [0, 0.1) is 6.92 Å². The van der Waals surface area contributed by atoms with E-state index in [1.54, 1.807) is 0 Å². The Hall–Kier alpha value is -2.04. The fourth-order valence-electron chi connectivity index (χ4n) is 1.11. The van der Waals surface area contributed by atoms with Crippen LogP contribution in [0.1, 0.15) is 5.56 Å². The van der Waals surface area contributed by atoms with Crippen LogP contribution in [0.4, 0.5) is 17.7 Å². The van der Waals surface area contributed by atoms with Crippen LogP contribution in [0.2, 0.25) is 0 Å². The predicted octanol–water partition coefficient (Wildman–Crippen LogP) is 1.70. The number of rotatable bonds is 2. The lowest BCUT2D eigenvalue weighted by Crippen LogP contribution is -1.92. The molecule has 0 saturated carbocycles. The number of hydrogen-bond acceptors (Lipinski definition) is 5. The molecule has 72 valence electrons. The van der Waals surface area contributed by atoms with Crippen LogP contribution in [0.3, 0.4) is 0 Å². The molecule has 0 spiro atoms. The summed E-state index contributed by atoms with van der Waals surface area (Å²) in [7, 11) is 0. The van der Waals surface area contributed by atoms with E-state index >= 15 is 0 Å². The number of benzene rings is 1. The van der Waals surface area contributed by atoms with Gasteiger partial charge < -0.3 is 15.5 Å². The lowest BCUT2D eigenvalue weighted by Gasteiger charge is -2.03. The number of aryl methyl sites for hydroxylation is 1. The second-order valence-electron chi connectivity index (χ2n) is 2.89. The molecule has 5 heteroatoms. The second-order valence-corrected chi connectivity index (χ2v) is 2.89.